The molecule has 0 bridgehead atoms. The molecule has 1 aromatic rings. The molecule has 9 heteroatoms. The smallest absolute Gasteiger partial charge is 0.316 e. The third kappa shape index (κ3) is 6.95. The Kier molecular flexibility index (Phi) is 7.12. The second-order valence-corrected chi connectivity index (χ2v) is 9.02. The summed E-state index contributed by atoms with van der Waals surface area (Å²) < 4.78 is 32.9. The summed E-state index contributed by atoms with van der Waals surface area (Å²) in [5, 5.41) is 2.54. The van der Waals surface area contributed by atoms with Gasteiger partial charge in [-0.05, 0) is 37.6 Å². The fourth-order valence-corrected chi connectivity index (χ4v) is 5.70. The highest BCUT2D eigenvalue weighted by Crippen LogP contribution is 2.24. The Labute approximate surface area is 151 Å². The fraction of sp³-hybridized carbons (Fsp3) is 0.500. The summed E-state index contributed by atoms with van der Waals surface area (Å²) in [4.78, 5) is 23.4. The minimum Gasteiger partial charge on any atom is -0.494 e. The molecule has 138 valence electrons. The molecule has 0 aliphatic carbocycles. The van der Waals surface area contributed by atoms with Gasteiger partial charge in [0.15, 0.2) is 16.4 Å². The molecule has 1 N–H and O–H groups in total. The first-order chi connectivity index (χ1) is 11.9. The van der Waals surface area contributed by atoms with Gasteiger partial charge in [-0.25, -0.2) is 8.42 Å². The zero-order chi connectivity index (χ0) is 18.3. The predicted molar refractivity (Wildman–Crippen MR) is 96.7 cm³/mol. The van der Waals surface area contributed by atoms with E-state index >= 15 is 0 Å². The third-order valence-electron chi connectivity index (χ3n) is 3.44. The van der Waals surface area contributed by atoms with Gasteiger partial charge >= 0.3 is 5.97 Å². The number of ether oxygens (including phenoxy) is 2. The van der Waals surface area contributed by atoms with E-state index in [4.69, 9.17) is 9.47 Å². The quantitative estimate of drug-likeness (QED) is 0.675. The van der Waals surface area contributed by atoms with Crippen LogP contribution in [0.15, 0.2) is 24.3 Å². The lowest BCUT2D eigenvalue weighted by molar-refractivity contribution is -0.144. The number of nitrogens with one attached hydrogen (secondary N) is 1. The van der Waals surface area contributed by atoms with Crippen LogP contribution in [0.1, 0.15) is 13.3 Å². The van der Waals surface area contributed by atoms with Crippen molar-refractivity contribution in [2.75, 3.05) is 35.8 Å². The number of hydrogen-bond acceptors (Lipinski definition) is 7. The number of carbonyl (C=O) groups is 2. The molecule has 1 atom stereocenters. The lowest BCUT2D eigenvalue weighted by Crippen LogP contribution is -2.22. The first kappa shape index (κ1) is 19.6. The average molecular weight is 387 g/mol. The summed E-state index contributed by atoms with van der Waals surface area (Å²) in [7, 11) is -2.96. The van der Waals surface area contributed by atoms with Gasteiger partial charge in [0.2, 0.25) is 0 Å². The molecule has 0 unspecified atom stereocenters. The number of esters is 1. The number of rotatable bonds is 8. The van der Waals surface area contributed by atoms with Crippen LogP contribution in [0.3, 0.4) is 0 Å². The Morgan fingerprint density at radius 1 is 1.28 bits per heavy atom. The zero-order valence-corrected chi connectivity index (χ0v) is 15.5. The van der Waals surface area contributed by atoms with Crippen molar-refractivity contribution in [3.8, 4) is 5.75 Å². The largest absolute Gasteiger partial charge is 0.494 e. The third-order valence-corrected chi connectivity index (χ3v) is 6.70. The standard InChI is InChI=1S/C16H21NO6S2/c1-2-22-13-5-3-12(4-6-13)17-15(18)9-23-16(19)10-24-14-7-8-25(20,21)11-14/h3-6,14H,2,7-11H2,1H3,(H,17,18)/t14-/m1/s1. The van der Waals surface area contributed by atoms with Gasteiger partial charge in [0.1, 0.15) is 5.75 Å². The molecule has 1 aliphatic heterocycles. The van der Waals surface area contributed by atoms with Crippen LogP contribution in [0.4, 0.5) is 5.69 Å². The van der Waals surface area contributed by atoms with Crippen molar-refractivity contribution in [1.29, 1.82) is 0 Å². The maximum absolute atomic E-state index is 11.8. The van der Waals surface area contributed by atoms with Crippen LogP contribution in [-0.2, 0) is 24.2 Å². The van der Waals surface area contributed by atoms with Gasteiger partial charge in [0.05, 0.1) is 23.9 Å². The summed E-state index contributed by atoms with van der Waals surface area (Å²) in [5.41, 5.74) is 0.579. The molecule has 2 rings (SSSR count). The zero-order valence-electron chi connectivity index (χ0n) is 13.9. The lowest BCUT2D eigenvalue weighted by Gasteiger charge is -2.09. The van der Waals surface area contributed by atoms with Gasteiger partial charge in [0, 0.05) is 10.9 Å². The number of sulfone groups is 1. The molecule has 1 aliphatic rings. The van der Waals surface area contributed by atoms with Crippen LogP contribution in [0.25, 0.3) is 0 Å². The summed E-state index contributed by atoms with van der Waals surface area (Å²) in [5.74, 6) is 0.0455. The molecule has 1 fully saturated rings. The Hall–Kier alpha value is -1.74. The minimum atomic E-state index is -2.96. The highest BCUT2D eigenvalue weighted by atomic mass is 32.2. The van der Waals surface area contributed by atoms with E-state index in [1.165, 1.54) is 11.8 Å². The molecule has 1 aromatic carbocycles. The van der Waals surface area contributed by atoms with Gasteiger partial charge in [-0.1, -0.05) is 0 Å². The summed E-state index contributed by atoms with van der Waals surface area (Å²) >= 11 is 1.26. The number of thioether (sulfide) groups is 1. The maximum Gasteiger partial charge on any atom is 0.316 e. The molecule has 1 heterocycles. The van der Waals surface area contributed by atoms with Crippen LogP contribution in [0.2, 0.25) is 0 Å². The number of hydrogen-bond donors (Lipinski definition) is 1. The molecular formula is C16H21NO6S2. The van der Waals surface area contributed by atoms with E-state index in [0.29, 0.717) is 24.5 Å². The van der Waals surface area contributed by atoms with Crippen molar-refractivity contribution in [3.05, 3.63) is 24.3 Å². The Bertz CT molecular complexity index is 702. The molecule has 7 nitrogen and oxygen atoms in total. The maximum atomic E-state index is 11.8. The topological polar surface area (TPSA) is 98.8 Å². The molecular weight excluding hydrogens is 366 g/mol. The molecule has 0 spiro atoms. The second-order valence-electron chi connectivity index (χ2n) is 5.50. The Morgan fingerprint density at radius 3 is 2.60 bits per heavy atom. The van der Waals surface area contributed by atoms with Gasteiger partial charge in [-0.15, -0.1) is 11.8 Å². The Morgan fingerprint density at radius 2 is 2.00 bits per heavy atom. The first-order valence-corrected chi connectivity index (χ1v) is 10.8. The number of anilines is 1. The van der Waals surface area contributed by atoms with Crippen molar-refractivity contribution < 1.29 is 27.5 Å². The molecule has 0 saturated carbocycles. The van der Waals surface area contributed by atoms with E-state index < -0.39 is 21.7 Å². The van der Waals surface area contributed by atoms with E-state index in [1.807, 2.05) is 6.92 Å². The molecule has 1 amide bonds. The van der Waals surface area contributed by atoms with Crippen LogP contribution in [0, 0.1) is 0 Å². The molecule has 1 saturated heterocycles. The van der Waals surface area contributed by atoms with Gasteiger partial charge in [-0.2, -0.15) is 0 Å². The van der Waals surface area contributed by atoms with E-state index in [0.717, 1.165) is 0 Å². The second kappa shape index (κ2) is 9.10. The van der Waals surface area contributed by atoms with Crippen LogP contribution in [0.5, 0.6) is 5.75 Å². The predicted octanol–water partition coefficient (Wildman–Crippen LogP) is 1.49. The molecule has 25 heavy (non-hydrogen) atoms. The van der Waals surface area contributed by atoms with Gasteiger partial charge < -0.3 is 14.8 Å². The van der Waals surface area contributed by atoms with Crippen molar-refractivity contribution in [1.82, 2.24) is 0 Å². The van der Waals surface area contributed by atoms with Crippen LogP contribution in [-0.4, -0.2) is 56.0 Å². The molecule has 0 radical (unpaired) electrons. The van der Waals surface area contributed by atoms with Crippen molar-refractivity contribution >= 4 is 39.2 Å². The fourth-order valence-electron chi connectivity index (χ4n) is 2.26. The summed E-state index contributed by atoms with van der Waals surface area (Å²) in [6, 6.07) is 6.86. The number of benzene rings is 1. The van der Waals surface area contributed by atoms with Crippen LogP contribution < -0.4 is 10.1 Å². The number of carbonyl (C=O) groups excluding carboxylic acids is 2. The van der Waals surface area contributed by atoms with Gasteiger partial charge in [0.25, 0.3) is 5.91 Å². The average Bonchev–Trinajstić information content (AvgIpc) is 2.92. The van der Waals surface area contributed by atoms with Crippen molar-refractivity contribution in [2.24, 2.45) is 0 Å². The summed E-state index contributed by atoms with van der Waals surface area (Å²) in [6.07, 6.45) is 0.554. The highest BCUT2D eigenvalue weighted by molar-refractivity contribution is 8.02. The lowest BCUT2D eigenvalue weighted by atomic mass is 10.3. The van der Waals surface area contributed by atoms with E-state index in [9.17, 15) is 18.0 Å². The van der Waals surface area contributed by atoms with E-state index in [1.54, 1.807) is 24.3 Å². The first-order valence-electron chi connectivity index (χ1n) is 7.88. The van der Waals surface area contributed by atoms with E-state index in [-0.39, 0.29) is 29.1 Å². The normalized spacial score (nSPS) is 18.5. The van der Waals surface area contributed by atoms with Crippen molar-refractivity contribution in [3.63, 3.8) is 0 Å². The molecule has 0 aromatic heterocycles. The summed E-state index contributed by atoms with van der Waals surface area (Å²) in [6.45, 7) is 2.07. The van der Waals surface area contributed by atoms with Crippen molar-refractivity contribution in [2.45, 2.75) is 18.6 Å². The SMILES string of the molecule is CCOc1ccc(NC(=O)COC(=O)CS[C@@H]2CCS(=O)(=O)C2)cc1. The van der Waals surface area contributed by atoms with Gasteiger partial charge in [-0.3, -0.25) is 9.59 Å². The Balaban J connectivity index is 1.66. The number of amides is 1. The minimum absolute atomic E-state index is 0.0382. The van der Waals surface area contributed by atoms with Crippen LogP contribution >= 0.6 is 11.8 Å². The monoisotopic (exact) mass is 387 g/mol. The van der Waals surface area contributed by atoms with E-state index in [2.05, 4.69) is 5.32 Å². The highest BCUT2D eigenvalue weighted by Gasteiger charge is 2.28.